The maximum atomic E-state index is 12.5. The molecule has 6 heteroatoms. The van der Waals surface area contributed by atoms with E-state index in [0.717, 1.165) is 44.3 Å². The highest BCUT2D eigenvalue weighted by Gasteiger charge is 2.29. The molecule has 0 radical (unpaired) electrons. The maximum Gasteiger partial charge on any atom is 0.250 e. The Bertz CT molecular complexity index is 540. The van der Waals surface area contributed by atoms with Crippen molar-refractivity contribution in [3.63, 3.8) is 0 Å². The first kappa shape index (κ1) is 16.9. The van der Waals surface area contributed by atoms with Crippen LogP contribution in [-0.2, 0) is 16.6 Å². The highest BCUT2D eigenvalue weighted by atomic mass is 32.2. The molecule has 4 nitrogen and oxygen atoms in total. The van der Waals surface area contributed by atoms with Gasteiger partial charge in [0.2, 0.25) is 10.0 Å². The SMILES string of the molecule is CCNCc1csc(S(=O)(=O)NC2CCCCC2CC)c1. The molecular formula is C15H26N2O2S2. The van der Waals surface area contributed by atoms with Gasteiger partial charge >= 0.3 is 0 Å². The predicted molar refractivity (Wildman–Crippen MR) is 88.1 cm³/mol. The average molecular weight is 331 g/mol. The monoisotopic (exact) mass is 330 g/mol. The molecule has 0 saturated heterocycles. The number of rotatable bonds is 7. The van der Waals surface area contributed by atoms with E-state index in [4.69, 9.17) is 0 Å². The molecule has 1 aliphatic carbocycles. The zero-order chi connectivity index (χ0) is 15.3. The maximum absolute atomic E-state index is 12.5. The molecule has 0 aromatic carbocycles. The van der Waals surface area contributed by atoms with Crippen molar-refractivity contribution in [3.8, 4) is 0 Å². The van der Waals surface area contributed by atoms with E-state index in [1.54, 1.807) is 6.07 Å². The fourth-order valence-electron chi connectivity index (χ4n) is 2.96. The predicted octanol–water partition coefficient (Wildman–Crippen LogP) is 3.10. The van der Waals surface area contributed by atoms with Gasteiger partial charge in [0.25, 0.3) is 0 Å². The van der Waals surface area contributed by atoms with Gasteiger partial charge < -0.3 is 5.32 Å². The summed E-state index contributed by atoms with van der Waals surface area (Å²) in [5.74, 6) is 0.481. The Morgan fingerprint density at radius 2 is 2.05 bits per heavy atom. The van der Waals surface area contributed by atoms with Gasteiger partial charge in [-0.25, -0.2) is 13.1 Å². The summed E-state index contributed by atoms with van der Waals surface area (Å²) in [5, 5.41) is 5.14. The summed E-state index contributed by atoms with van der Waals surface area (Å²) in [5.41, 5.74) is 1.04. The lowest BCUT2D eigenvalue weighted by molar-refractivity contribution is 0.282. The lowest BCUT2D eigenvalue weighted by Gasteiger charge is -2.31. The molecule has 0 aliphatic heterocycles. The summed E-state index contributed by atoms with van der Waals surface area (Å²) in [6.45, 7) is 5.80. The Morgan fingerprint density at radius 1 is 1.29 bits per heavy atom. The van der Waals surface area contributed by atoms with Crippen molar-refractivity contribution < 1.29 is 8.42 Å². The quantitative estimate of drug-likeness (QED) is 0.807. The van der Waals surface area contributed by atoms with E-state index >= 15 is 0 Å². The molecule has 0 amide bonds. The highest BCUT2D eigenvalue weighted by Crippen LogP contribution is 2.29. The van der Waals surface area contributed by atoms with Crippen molar-refractivity contribution in [2.24, 2.45) is 5.92 Å². The number of thiophene rings is 1. The van der Waals surface area contributed by atoms with Crippen LogP contribution in [0.4, 0.5) is 0 Å². The Morgan fingerprint density at radius 3 is 2.76 bits per heavy atom. The van der Waals surface area contributed by atoms with Crippen molar-refractivity contribution in [1.82, 2.24) is 10.0 Å². The molecule has 2 rings (SSSR count). The number of hydrogen-bond acceptors (Lipinski definition) is 4. The molecule has 1 aliphatic rings. The van der Waals surface area contributed by atoms with Crippen molar-refractivity contribution >= 4 is 21.4 Å². The second kappa shape index (κ2) is 7.72. The van der Waals surface area contributed by atoms with Crippen LogP contribution in [-0.4, -0.2) is 21.0 Å². The molecule has 21 heavy (non-hydrogen) atoms. The lowest BCUT2D eigenvalue weighted by atomic mass is 9.83. The van der Waals surface area contributed by atoms with Crippen LogP contribution in [0.5, 0.6) is 0 Å². The average Bonchev–Trinajstić information content (AvgIpc) is 2.95. The molecular weight excluding hydrogens is 304 g/mol. The topological polar surface area (TPSA) is 58.2 Å². The van der Waals surface area contributed by atoms with Gasteiger partial charge in [-0.15, -0.1) is 11.3 Å². The van der Waals surface area contributed by atoms with Crippen molar-refractivity contribution in [3.05, 3.63) is 17.0 Å². The number of sulfonamides is 1. The second-order valence-electron chi connectivity index (χ2n) is 5.73. The van der Waals surface area contributed by atoms with Gasteiger partial charge in [0, 0.05) is 12.6 Å². The first-order valence-electron chi connectivity index (χ1n) is 7.87. The third-order valence-electron chi connectivity index (χ3n) is 4.21. The minimum absolute atomic E-state index is 0.105. The molecule has 1 saturated carbocycles. The first-order valence-corrected chi connectivity index (χ1v) is 10.2. The van der Waals surface area contributed by atoms with Crippen LogP contribution in [0.25, 0.3) is 0 Å². The van der Waals surface area contributed by atoms with Gasteiger partial charge in [0.1, 0.15) is 4.21 Å². The summed E-state index contributed by atoms with van der Waals surface area (Å²) in [6, 6.07) is 1.90. The van der Waals surface area contributed by atoms with Crippen molar-refractivity contribution in [2.45, 2.75) is 62.7 Å². The molecule has 2 unspecified atom stereocenters. The van der Waals surface area contributed by atoms with Crippen LogP contribution in [0.15, 0.2) is 15.7 Å². The number of hydrogen-bond donors (Lipinski definition) is 2. The Labute approximate surface area is 132 Å². The van der Waals surface area contributed by atoms with Crippen LogP contribution >= 0.6 is 11.3 Å². The molecule has 2 N–H and O–H groups in total. The van der Waals surface area contributed by atoms with Gasteiger partial charge in [0.15, 0.2) is 0 Å². The van der Waals surface area contributed by atoms with Gasteiger partial charge in [-0.3, -0.25) is 0 Å². The van der Waals surface area contributed by atoms with Gasteiger partial charge in [0.05, 0.1) is 0 Å². The van der Waals surface area contributed by atoms with Crippen molar-refractivity contribution in [2.75, 3.05) is 6.54 Å². The van der Waals surface area contributed by atoms with Gasteiger partial charge in [-0.05, 0) is 42.3 Å². The van der Waals surface area contributed by atoms with E-state index in [9.17, 15) is 8.42 Å². The zero-order valence-corrected chi connectivity index (χ0v) is 14.5. The number of nitrogens with one attached hydrogen (secondary N) is 2. The minimum atomic E-state index is -3.37. The normalized spacial score (nSPS) is 23.3. The smallest absolute Gasteiger partial charge is 0.250 e. The van der Waals surface area contributed by atoms with Crippen LogP contribution < -0.4 is 10.0 Å². The lowest BCUT2D eigenvalue weighted by Crippen LogP contribution is -2.41. The Kier molecular flexibility index (Phi) is 6.22. The van der Waals surface area contributed by atoms with Crippen LogP contribution in [0.3, 0.4) is 0 Å². The summed E-state index contributed by atoms with van der Waals surface area (Å²) >= 11 is 1.31. The standard InChI is InChI=1S/C15H26N2O2S2/c1-3-13-7-5-6-8-14(13)17-21(18,19)15-9-12(11-20-15)10-16-4-2/h9,11,13-14,16-17H,3-8,10H2,1-2H3. The third kappa shape index (κ3) is 4.52. The van der Waals surface area contributed by atoms with E-state index in [0.29, 0.717) is 10.1 Å². The molecule has 120 valence electrons. The summed E-state index contributed by atoms with van der Waals surface area (Å²) in [4.78, 5) is 0. The molecule has 1 fully saturated rings. The molecule has 1 heterocycles. The fraction of sp³-hybridized carbons (Fsp3) is 0.733. The largest absolute Gasteiger partial charge is 0.313 e. The highest BCUT2D eigenvalue weighted by molar-refractivity contribution is 7.91. The molecule has 1 aromatic rings. The van der Waals surface area contributed by atoms with E-state index in [-0.39, 0.29) is 6.04 Å². The second-order valence-corrected chi connectivity index (χ2v) is 8.59. The van der Waals surface area contributed by atoms with Gasteiger partial charge in [-0.1, -0.05) is 33.1 Å². The van der Waals surface area contributed by atoms with E-state index in [1.165, 1.54) is 17.8 Å². The summed E-state index contributed by atoms with van der Waals surface area (Å²) in [7, 11) is -3.37. The van der Waals surface area contributed by atoms with E-state index in [1.807, 2.05) is 12.3 Å². The molecule has 0 bridgehead atoms. The van der Waals surface area contributed by atoms with Gasteiger partial charge in [-0.2, -0.15) is 0 Å². The van der Waals surface area contributed by atoms with Crippen molar-refractivity contribution in [1.29, 1.82) is 0 Å². The molecule has 2 atom stereocenters. The van der Waals surface area contributed by atoms with Crippen LogP contribution in [0.2, 0.25) is 0 Å². The Balaban J connectivity index is 2.05. The Hall–Kier alpha value is -0.430. The van der Waals surface area contributed by atoms with Crippen LogP contribution in [0.1, 0.15) is 51.5 Å². The molecule has 1 aromatic heterocycles. The third-order valence-corrected chi connectivity index (χ3v) is 7.19. The fourth-order valence-corrected chi connectivity index (χ4v) is 5.53. The summed E-state index contributed by atoms with van der Waals surface area (Å²) < 4.78 is 28.4. The zero-order valence-electron chi connectivity index (χ0n) is 12.9. The van der Waals surface area contributed by atoms with Crippen LogP contribution in [0, 0.1) is 5.92 Å². The van der Waals surface area contributed by atoms with E-state index < -0.39 is 10.0 Å². The van der Waals surface area contributed by atoms with E-state index in [2.05, 4.69) is 17.0 Å². The molecule has 0 spiro atoms. The first-order chi connectivity index (χ1) is 10.1. The minimum Gasteiger partial charge on any atom is -0.313 e. The summed E-state index contributed by atoms with van der Waals surface area (Å²) in [6.07, 6.45) is 5.50.